The van der Waals surface area contributed by atoms with Crippen molar-refractivity contribution in [2.24, 2.45) is 5.92 Å². The normalized spacial score (nSPS) is 18.6. The molecule has 1 amide bonds. The van der Waals surface area contributed by atoms with Gasteiger partial charge in [-0.1, -0.05) is 19.3 Å². The smallest absolute Gasteiger partial charge is 0.408 e. The molecule has 2 N–H and O–H groups in total. The maximum atomic E-state index is 12.1. The molecule has 0 unspecified atom stereocenters. The SMILES string of the molecule is C[C@@H](OC(=O)C1CCCCC1)[C@H](NC(=O)OC(C)(C)C)C(=O)O. The summed E-state index contributed by atoms with van der Waals surface area (Å²) in [6, 6.07) is -1.35. The molecule has 0 radical (unpaired) electrons. The fraction of sp³-hybridized carbons (Fsp3) is 0.812. The molecule has 0 aromatic carbocycles. The van der Waals surface area contributed by atoms with Crippen molar-refractivity contribution < 1.29 is 29.0 Å². The van der Waals surface area contributed by atoms with Gasteiger partial charge >= 0.3 is 18.0 Å². The quantitative estimate of drug-likeness (QED) is 0.751. The van der Waals surface area contributed by atoms with Crippen LogP contribution in [0, 0.1) is 5.92 Å². The van der Waals surface area contributed by atoms with Crippen LogP contribution in [0.5, 0.6) is 0 Å². The van der Waals surface area contributed by atoms with Gasteiger partial charge in [0, 0.05) is 0 Å². The third kappa shape index (κ3) is 6.88. The molecule has 0 aromatic heterocycles. The predicted octanol–water partition coefficient (Wildman–Crippen LogP) is 2.48. The summed E-state index contributed by atoms with van der Waals surface area (Å²) in [5, 5.41) is 11.5. The summed E-state index contributed by atoms with van der Waals surface area (Å²) in [6.07, 6.45) is 2.77. The lowest BCUT2D eigenvalue weighted by Gasteiger charge is -2.27. The van der Waals surface area contributed by atoms with Gasteiger partial charge < -0.3 is 19.9 Å². The lowest BCUT2D eigenvalue weighted by molar-refractivity contribution is -0.159. The third-order valence-corrected chi connectivity index (χ3v) is 3.65. The maximum absolute atomic E-state index is 12.1. The molecule has 23 heavy (non-hydrogen) atoms. The highest BCUT2D eigenvalue weighted by Crippen LogP contribution is 2.25. The van der Waals surface area contributed by atoms with Gasteiger partial charge in [-0.25, -0.2) is 9.59 Å². The highest BCUT2D eigenvalue weighted by molar-refractivity contribution is 5.81. The van der Waals surface area contributed by atoms with Gasteiger partial charge in [-0.2, -0.15) is 0 Å². The lowest BCUT2D eigenvalue weighted by Crippen LogP contribution is -2.50. The Kier molecular flexibility index (Phi) is 6.84. The average Bonchev–Trinajstić information content (AvgIpc) is 2.43. The number of carbonyl (C=O) groups excluding carboxylic acids is 2. The second-order valence-electron chi connectivity index (χ2n) is 6.94. The molecule has 0 aromatic rings. The summed E-state index contributed by atoms with van der Waals surface area (Å²) in [5.74, 6) is -1.85. The Morgan fingerprint density at radius 2 is 1.70 bits per heavy atom. The Morgan fingerprint density at radius 3 is 2.17 bits per heavy atom. The number of carbonyl (C=O) groups is 3. The number of amides is 1. The van der Waals surface area contributed by atoms with Crippen LogP contribution < -0.4 is 5.32 Å². The summed E-state index contributed by atoms with van der Waals surface area (Å²) in [5.41, 5.74) is -0.741. The van der Waals surface area contributed by atoms with Gasteiger partial charge in [0.1, 0.15) is 11.7 Å². The minimum absolute atomic E-state index is 0.179. The Balaban J connectivity index is 2.60. The predicted molar refractivity (Wildman–Crippen MR) is 82.9 cm³/mol. The van der Waals surface area contributed by atoms with Crippen molar-refractivity contribution in [3.05, 3.63) is 0 Å². The molecule has 2 atom stereocenters. The molecule has 0 saturated heterocycles. The third-order valence-electron chi connectivity index (χ3n) is 3.65. The van der Waals surface area contributed by atoms with Crippen LogP contribution in [0.15, 0.2) is 0 Å². The molecule has 1 saturated carbocycles. The molecule has 0 aliphatic heterocycles. The monoisotopic (exact) mass is 329 g/mol. The maximum Gasteiger partial charge on any atom is 0.408 e. The zero-order chi connectivity index (χ0) is 17.6. The van der Waals surface area contributed by atoms with Crippen LogP contribution in [0.2, 0.25) is 0 Å². The molecule has 1 fully saturated rings. The van der Waals surface area contributed by atoms with Crippen LogP contribution in [0.25, 0.3) is 0 Å². The van der Waals surface area contributed by atoms with E-state index in [2.05, 4.69) is 5.32 Å². The molecular weight excluding hydrogens is 302 g/mol. The number of rotatable bonds is 5. The second-order valence-corrected chi connectivity index (χ2v) is 6.94. The molecular formula is C16H27NO6. The van der Waals surface area contributed by atoms with Crippen molar-refractivity contribution in [3.8, 4) is 0 Å². The van der Waals surface area contributed by atoms with Crippen LogP contribution >= 0.6 is 0 Å². The van der Waals surface area contributed by atoms with Gasteiger partial charge in [0.15, 0.2) is 6.04 Å². The van der Waals surface area contributed by atoms with E-state index in [0.717, 1.165) is 32.1 Å². The number of carboxylic acids is 1. The number of hydrogen-bond donors (Lipinski definition) is 2. The second kappa shape index (κ2) is 8.17. The molecule has 7 heteroatoms. The number of ether oxygens (including phenoxy) is 2. The summed E-state index contributed by atoms with van der Waals surface area (Å²) in [6.45, 7) is 6.48. The van der Waals surface area contributed by atoms with E-state index in [1.807, 2.05) is 0 Å². The van der Waals surface area contributed by atoms with Crippen LogP contribution in [0.4, 0.5) is 4.79 Å². The Bertz CT molecular complexity index is 436. The van der Waals surface area contributed by atoms with E-state index in [9.17, 15) is 19.5 Å². The van der Waals surface area contributed by atoms with Crippen LogP contribution in [0.1, 0.15) is 59.8 Å². The molecule has 1 aliphatic rings. The first-order valence-electron chi connectivity index (χ1n) is 8.03. The Labute approximate surface area is 136 Å². The van der Waals surface area contributed by atoms with Crippen molar-refractivity contribution in [1.82, 2.24) is 5.32 Å². The van der Waals surface area contributed by atoms with Crippen molar-refractivity contribution >= 4 is 18.0 Å². The van der Waals surface area contributed by atoms with E-state index in [0.29, 0.717) is 0 Å². The topological polar surface area (TPSA) is 102 Å². The number of aliphatic carboxylic acids is 1. The zero-order valence-corrected chi connectivity index (χ0v) is 14.3. The van der Waals surface area contributed by atoms with Crippen LogP contribution in [-0.2, 0) is 19.1 Å². The first kappa shape index (κ1) is 19.3. The van der Waals surface area contributed by atoms with Gasteiger partial charge in [0.2, 0.25) is 0 Å². The Morgan fingerprint density at radius 1 is 1.13 bits per heavy atom. The average molecular weight is 329 g/mol. The molecule has 132 valence electrons. The van der Waals surface area contributed by atoms with Crippen molar-refractivity contribution in [2.45, 2.75) is 77.5 Å². The molecule has 1 aliphatic carbocycles. The van der Waals surface area contributed by atoms with Gasteiger partial charge in [0.05, 0.1) is 5.92 Å². The van der Waals surface area contributed by atoms with Crippen LogP contribution in [-0.4, -0.2) is 40.9 Å². The molecule has 7 nitrogen and oxygen atoms in total. The van der Waals surface area contributed by atoms with E-state index < -0.39 is 35.8 Å². The number of esters is 1. The summed E-state index contributed by atoms with van der Waals surface area (Å²) in [4.78, 5) is 35.2. The van der Waals surface area contributed by atoms with E-state index in [4.69, 9.17) is 9.47 Å². The van der Waals surface area contributed by atoms with E-state index in [-0.39, 0.29) is 5.92 Å². The highest BCUT2D eigenvalue weighted by atomic mass is 16.6. The Hall–Kier alpha value is -1.79. The highest BCUT2D eigenvalue weighted by Gasteiger charge is 2.33. The summed E-state index contributed by atoms with van der Waals surface area (Å²) >= 11 is 0. The number of hydrogen-bond acceptors (Lipinski definition) is 5. The van der Waals surface area contributed by atoms with Crippen LogP contribution in [0.3, 0.4) is 0 Å². The fourth-order valence-electron chi connectivity index (χ4n) is 2.50. The van der Waals surface area contributed by atoms with E-state index in [1.54, 1.807) is 20.8 Å². The van der Waals surface area contributed by atoms with E-state index in [1.165, 1.54) is 6.92 Å². The van der Waals surface area contributed by atoms with Crippen molar-refractivity contribution in [2.75, 3.05) is 0 Å². The number of nitrogens with one attached hydrogen (secondary N) is 1. The lowest BCUT2D eigenvalue weighted by atomic mass is 9.89. The molecule has 0 spiro atoms. The van der Waals surface area contributed by atoms with Crippen molar-refractivity contribution in [3.63, 3.8) is 0 Å². The van der Waals surface area contributed by atoms with Gasteiger partial charge in [-0.05, 0) is 40.5 Å². The first-order chi connectivity index (χ1) is 10.6. The number of carboxylic acid groups (broad SMARTS) is 1. The molecule has 1 rings (SSSR count). The number of alkyl carbamates (subject to hydrolysis) is 1. The van der Waals surface area contributed by atoms with Crippen molar-refractivity contribution in [1.29, 1.82) is 0 Å². The van der Waals surface area contributed by atoms with Gasteiger partial charge in [-0.3, -0.25) is 4.79 Å². The van der Waals surface area contributed by atoms with E-state index >= 15 is 0 Å². The largest absolute Gasteiger partial charge is 0.480 e. The zero-order valence-electron chi connectivity index (χ0n) is 14.3. The summed E-state index contributed by atoms with van der Waals surface area (Å²) < 4.78 is 10.3. The van der Waals surface area contributed by atoms with Gasteiger partial charge in [-0.15, -0.1) is 0 Å². The molecule has 0 heterocycles. The summed E-state index contributed by atoms with van der Waals surface area (Å²) in [7, 11) is 0. The fourth-order valence-corrected chi connectivity index (χ4v) is 2.50. The molecule has 0 bridgehead atoms. The minimum Gasteiger partial charge on any atom is -0.480 e. The minimum atomic E-state index is -1.35. The first-order valence-corrected chi connectivity index (χ1v) is 8.03. The standard InChI is InChI=1S/C16H27NO6/c1-10(22-14(20)11-8-6-5-7-9-11)12(13(18)19)17-15(21)23-16(2,3)4/h10-12H,5-9H2,1-4H3,(H,17,21)(H,18,19)/t10-,12+/m1/s1. The van der Waals surface area contributed by atoms with Gasteiger partial charge in [0.25, 0.3) is 0 Å².